The van der Waals surface area contributed by atoms with Crippen LogP contribution in [0.15, 0.2) is 84.9 Å². The average molecular weight is 588 g/mol. The van der Waals surface area contributed by atoms with E-state index in [2.05, 4.69) is 23.6 Å². The average Bonchev–Trinajstić information content (AvgIpc) is 3.37. The molecular formula is C36H37N5O3. The molecule has 6 rings (SSSR count). The molecule has 1 fully saturated rings. The van der Waals surface area contributed by atoms with E-state index in [-0.39, 0.29) is 11.6 Å². The highest BCUT2D eigenvalue weighted by atomic mass is 16.4. The Hall–Kier alpha value is -4.98. The van der Waals surface area contributed by atoms with E-state index in [0.717, 1.165) is 77.3 Å². The molecule has 8 heteroatoms. The first kappa shape index (κ1) is 29.1. The molecule has 2 aromatic heterocycles. The minimum Gasteiger partial charge on any atom is -0.478 e. The Bertz CT molecular complexity index is 1800. The smallest absolute Gasteiger partial charge is 0.336 e. The lowest BCUT2D eigenvalue weighted by atomic mass is 9.99. The molecule has 5 aromatic rings. The monoisotopic (exact) mass is 587 g/mol. The molecule has 0 unspecified atom stereocenters. The molecule has 1 aliphatic rings. The van der Waals surface area contributed by atoms with Crippen molar-refractivity contribution in [3.63, 3.8) is 0 Å². The number of fused-ring (bicyclic) bond motifs is 1. The van der Waals surface area contributed by atoms with Crippen molar-refractivity contribution in [1.29, 1.82) is 0 Å². The third kappa shape index (κ3) is 5.93. The number of unbranched alkanes of at least 4 members (excludes halogenated alkanes) is 1. The Morgan fingerprint density at radius 3 is 2.36 bits per heavy atom. The van der Waals surface area contributed by atoms with Crippen molar-refractivity contribution in [2.75, 3.05) is 18.0 Å². The van der Waals surface area contributed by atoms with Gasteiger partial charge in [0.2, 0.25) is 0 Å². The summed E-state index contributed by atoms with van der Waals surface area (Å²) in [6.45, 7) is 6.70. The van der Waals surface area contributed by atoms with Crippen LogP contribution in [0.1, 0.15) is 59.2 Å². The normalized spacial score (nSPS) is 13.5. The third-order valence-electron chi connectivity index (χ3n) is 8.30. The van der Waals surface area contributed by atoms with Crippen LogP contribution in [0.25, 0.3) is 22.3 Å². The van der Waals surface area contributed by atoms with Crippen LogP contribution < -0.4 is 4.90 Å². The minimum atomic E-state index is -0.939. The number of hydrogen-bond acceptors (Lipinski definition) is 4. The summed E-state index contributed by atoms with van der Waals surface area (Å²) >= 11 is 0. The summed E-state index contributed by atoms with van der Waals surface area (Å²) in [7, 11) is 0. The highest BCUT2D eigenvalue weighted by molar-refractivity contribution is 5.96. The predicted octanol–water partition coefficient (Wildman–Crippen LogP) is 7.33. The molecule has 1 N–H and O–H groups in total. The predicted molar refractivity (Wildman–Crippen MR) is 173 cm³/mol. The number of carbonyl (C=O) groups is 2. The number of rotatable bonds is 10. The lowest BCUT2D eigenvalue weighted by molar-refractivity contribution is 0.0697. The number of imidazole rings is 1. The Morgan fingerprint density at radius 2 is 1.61 bits per heavy atom. The number of nitrogens with zero attached hydrogens (tertiary/aromatic N) is 5. The summed E-state index contributed by atoms with van der Waals surface area (Å²) in [4.78, 5) is 39.2. The molecule has 1 saturated heterocycles. The number of benzene rings is 3. The number of urea groups is 1. The number of carboxylic acids is 1. The number of aryl methyl sites for hydroxylation is 2. The van der Waals surface area contributed by atoms with Gasteiger partial charge >= 0.3 is 12.0 Å². The molecule has 8 nitrogen and oxygen atoms in total. The molecular weight excluding hydrogens is 550 g/mol. The molecule has 1 aliphatic heterocycles. The number of anilines is 1. The zero-order valence-electron chi connectivity index (χ0n) is 25.2. The molecule has 2 amide bonds. The van der Waals surface area contributed by atoms with Crippen molar-refractivity contribution >= 4 is 28.9 Å². The molecule has 0 spiro atoms. The lowest BCUT2D eigenvalue weighted by Crippen LogP contribution is -2.49. The van der Waals surface area contributed by atoms with Crippen molar-refractivity contribution in [3.8, 4) is 11.1 Å². The Labute approximate surface area is 257 Å². The number of aromatic carboxylic acids is 1. The number of aromatic nitrogens is 3. The van der Waals surface area contributed by atoms with Gasteiger partial charge in [-0.05, 0) is 54.2 Å². The van der Waals surface area contributed by atoms with E-state index in [1.54, 1.807) is 12.1 Å². The van der Waals surface area contributed by atoms with Gasteiger partial charge in [0.05, 0.1) is 23.5 Å². The standard InChI is InChI=1S/C36H37N5O3/c1-3-4-15-33-38-31-22-32(40-21-10-20-39(36(40)44)23-26-11-6-5-7-12-26)25(2)37-34(31)41(33)24-27-16-18-28(19-17-27)29-13-8-9-14-30(29)35(42)43/h5-9,11-14,16-19,22H,3-4,10,15,20-21,23-24H2,1-2H3,(H,42,43). The van der Waals surface area contributed by atoms with Gasteiger partial charge in [0.15, 0.2) is 5.65 Å². The first-order valence-electron chi connectivity index (χ1n) is 15.3. The van der Waals surface area contributed by atoms with E-state index in [1.807, 2.05) is 77.4 Å². The molecule has 0 atom stereocenters. The molecule has 0 bridgehead atoms. The third-order valence-corrected chi connectivity index (χ3v) is 8.30. The maximum Gasteiger partial charge on any atom is 0.336 e. The quantitative estimate of drug-likeness (QED) is 0.185. The summed E-state index contributed by atoms with van der Waals surface area (Å²) in [5, 5.41) is 9.63. The highest BCUT2D eigenvalue weighted by Crippen LogP contribution is 2.30. The van der Waals surface area contributed by atoms with Gasteiger partial charge in [-0.1, -0.05) is 86.1 Å². The van der Waals surface area contributed by atoms with Crippen molar-refractivity contribution in [2.24, 2.45) is 0 Å². The Balaban J connectivity index is 1.30. The zero-order chi connectivity index (χ0) is 30.6. The molecule has 0 aliphatic carbocycles. The van der Waals surface area contributed by atoms with Crippen LogP contribution >= 0.6 is 0 Å². The second-order valence-corrected chi connectivity index (χ2v) is 11.4. The van der Waals surface area contributed by atoms with Crippen molar-refractivity contribution in [3.05, 3.63) is 113 Å². The van der Waals surface area contributed by atoms with Crippen LogP contribution in [0.5, 0.6) is 0 Å². The van der Waals surface area contributed by atoms with Crippen LogP contribution in [0.2, 0.25) is 0 Å². The minimum absolute atomic E-state index is 0.000413. The number of amides is 2. The van der Waals surface area contributed by atoms with E-state index in [4.69, 9.17) is 9.97 Å². The van der Waals surface area contributed by atoms with Gasteiger partial charge in [0.1, 0.15) is 11.3 Å². The Morgan fingerprint density at radius 1 is 0.886 bits per heavy atom. The fraction of sp³-hybridized carbons (Fsp3) is 0.278. The van der Waals surface area contributed by atoms with Crippen LogP contribution in [0, 0.1) is 6.92 Å². The number of pyridine rings is 1. The summed E-state index contributed by atoms with van der Waals surface area (Å²) in [6.07, 6.45) is 3.79. The van der Waals surface area contributed by atoms with Gasteiger partial charge in [-0.25, -0.2) is 19.6 Å². The van der Waals surface area contributed by atoms with Gasteiger partial charge in [0.25, 0.3) is 0 Å². The van der Waals surface area contributed by atoms with Crippen LogP contribution in [0.3, 0.4) is 0 Å². The van der Waals surface area contributed by atoms with Crippen LogP contribution in [-0.2, 0) is 19.5 Å². The van der Waals surface area contributed by atoms with Crippen LogP contribution in [0.4, 0.5) is 10.5 Å². The van der Waals surface area contributed by atoms with E-state index in [1.165, 1.54) is 0 Å². The summed E-state index contributed by atoms with van der Waals surface area (Å²) in [5.41, 5.74) is 7.25. The maximum atomic E-state index is 13.6. The summed E-state index contributed by atoms with van der Waals surface area (Å²) < 4.78 is 2.18. The van der Waals surface area contributed by atoms with Crippen molar-refractivity contribution < 1.29 is 14.7 Å². The van der Waals surface area contributed by atoms with E-state index in [9.17, 15) is 14.7 Å². The molecule has 0 radical (unpaired) electrons. The van der Waals surface area contributed by atoms with Gasteiger partial charge < -0.3 is 14.6 Å². The van der Waals surface area contributed by atoms with Gasteiger partial charge in [-0.3, -0.25) is 4.90 Å². The number of carboxylic acid groups (broad SMARTS) is 1. The van der Waals surface area contributed by atoms with Crippen LogP contribution in [-0.4, -0.2) is 49.6 Å². The highest BCUT2D eigenvalue weighted by Gasteiger charge is 2.29. The molecule has 3 aromatic carbocycles. The lowest BCUT2D eigenvalue weighted by Gasteiger charge is -2.36. The zero-order valence-corrected chi connectivity index (χ0v) is 25.2. The SMILES string of the molecule is CCCCc1nc2cc(N3CCCN(Cc4ccccc4)C3=O)c(C)nc2n1Cc1ccc(-c2ccccc2C(=O)O)cc1. The summed E-state index contributed by atoms with van der Waals surface area (Å²) in [5.74, 6) is 0.0352. The number of hydrogen-bond donors (Lipinski definition) is 1. The van der Waals surface area contributed by atoms with Gasteiger partial charge in [0, 0.05) is 26.1 Å². The second-order valence-electron chi connectivity index (χ2n) is 11.4. The molecule has 0 saturated carbocycles. The van der Waals surface area contributed by atoms with E-state index < -0.39 is 5.97 Å². The second kappa shape index (κ2) is 12.7. The first-order chi connectivity index (χ1) is 21.4. The topological polar surface area (TPSA) is 91.6 Å². The van der Waals surface area contributed by atoms with E-state index >= 15 is 0 Å². The molecule has 3 heterocycles. The van der Waals surface area contributed by atoms with Crippen molar-refractivity contribution in [2.45, 2.75) is 52.6 Å². The molecule has 224 valence electrons. The van der Waals surface area contributed by atoms with E-state index in [0.29, 0.717) is 25.2 Å². The number of carbonyl (C=O) groups excluding carboxylic acids is 1. The Kier molecular flexibility index (Phi) is 8.41. The van der Waals surface area contributed by atoms with Crippen molar-refractivity contribution in [1.82, 2.24) is 19.4 Å². The van der Waals surface area contributed by atoms with Gasteiger partial charge in [-0.15, -0.1) is 0 Å². The fourth-order valence-corrected chi connectivity index (χ4v) is 5.99. The largest absolute Gasteiger partial charge is 0.478 e. The fourth-order valence-electron chi connectivity index (χ4n) is 5.99. The van der Waals surface area contributed by atoms with Gasteiger partial charge in [-0.2, -0.15) is 0 Å². The summed E-state index contributed by atoms with van der Waals surface area (Å²) in [6, 6.07) is 27.2. The molecule has 44 heavy (non-hydrogen) atoms. The maximum absolute atomic E-state index is 13.6. The first-order valence-corrected chi connectivity index (χ1v) is 15.3.